The molecule has 1 aliphatic rings. The largest absolute Gasteiger partial charge is 0.480 e. The Hall–Kier alpha value is -2.38. The maximum absolute atomic E-state index is 13.0. The predicted octanol–water partition coefficient (Wildman–Crippen LogP) is -2.24. The van der Waals surface area contributed by atoms with Gasteiger partial charge in [-0.15, -0.1) is 0 Å². The molecule has 8 N–H and O–H groups in total. The number of amides is 4. The molecule has 0 radical (unpaired) electrons. The summed E-state index contributed by atoms with van der Waals surface area (Å²) in [6.45, 7) is 1.58. The third-order valence-corrected chi connectivity index (χ3v) is 5.82. The number of carbonyl (C=O) groups excluding carboxylic acids is 4. The van der Waals surface area contributed by atoms with Crippen molar-refractivity contribution in [3.63, 3.8) is 0 Å². The highest BCUT2D eigenvalue weighted by Gasteiger charge is 2.38. The van der Waals surface area contributed by atoms with Gasteiger partial charge in [0.25, 0.3) is 0 Å². The Morgan fingerprint density at radius 3 is 2.28 bits per heavy atom. The molecular formula is C19H33N5O7S. The van der Waals surface area contributed by atoms with E-state index < -0.39 is 59.9 Å². The monoisotopic (exact) mass is 475 g/mol. The number of likely N-dealkylation sites (tertiary alicyclic amines) is 1. The molecule has 0 aliphatic carbocycles. The third-order valence-electron chi connectivity index (χ3n) is 5.18. The zero-order chi connectivity index (χ0) is 24.4. The molecule has 0 aromatic rings. The Kier molecular flexibility index (Phi) is 11.4. The Labute approximate surface area is 190 Å². The summed E-state index contributed by atoms with van der Waals surface area (Å²) in [5.41, 5.74) is 10.8. The first-order valence-electron chi connectivity index (χ1n) is 10.3. The smallest absolute Gasteiger partial charge is 0.326 e. The number of nitrogens with two attached hydrogens (primary N) is 2. The molecule has 1 rings (SSSR count). The number of aliphatic hydroxyl groups excluding tert-OH is 1. The average molecular weight is 476 g/mol. The summed E-state index contributed by atoms with van der Waals surface area (Å²) in [5.74, 6) is -3.33. The number of aliphatic carboxylic acids is 1. The summed E-state index contributed by atoms with van der Waals surface area (Å²) >= 11 is 1.45. The first-order valence-corrected chi connectivity index (χ1v) is 11.7. The second-order valence-electron chi connectivity index (χ2n) is 7.70. The van der Waals surface area contributed by atoms with E-state index in [4.69, 9.17) is 11.5 Å². The van der Waals surface area contributed by atoms with Crippen LogP contribution in [0.1, 0.15) is 39.0 Å². The van der Waals surface area contributed by atoms with E-state index in [0.29, 0.717) is 18.6 Å². The van der Waals surface area contributed by atoms with Crippen LogP contribution in [0.2, 0.25) is 0 Å². The number of carboxylic acid groups (broad SMARTS) is 1. The first kappa shape index (κ1) is 27.7. The Morgan fingerprint density at radius 2 is 1.75 bits per heavy atom. The molecule has 0 bridgehead atoms. The van der Waals surface area contributed by atoms with Crippen LogP contribution in [0.15, 0.2) is 0 Å². The van der Waals surface area contributed by atoms with Crippen LogP contribution in [0.5, 0.6) is 0 Å². The lowest BCUT2D eigenvalue weighted by Crippen LogP contribution is -2.58. The summed E-state index contributed by atoms with van der Waals surface area (Å²) in [6.07, 6.45) is 1.43. The summed E-state index contributed by atoms with van der Waals surface area (Å²) in [5, 5.41) is 23.8. The van der Waals surface area contributed by atoms with E-state index in [1.54, 1.807) is 0 Å². The molecule has 0 aromatic carbocycles. The molecule has 1 heterocycles. The Morgan fingerprint density at radius 1 is 1.12 bits per heavy atom. The van der Waals surface area contributed by atoms with Crippen molar-refractivity contribution in [1.82, 2.24) is 15.5 Å². The van der Waals surface area contributed by atoms with Crippen LogP contribution in [-0.2, 0) is 24.0 Å². The van der Waals surface area contributed by atoms with Gasteiger partial charge in [0.15, 0.2) is 0 Å². The second-order valence-corrected chi connectivity index (χ2v) is 8.69. The average Bonchev–Trinajstić information content (AvgIpc) is 3.22. The van der Waals surface area contributed by atoms with Crippen molar-refractivity contribution >= 4 is 41.4 Å². The van der Waals surface area contributed by atoms with Crippen LogP contribution in [0, 0.1) is 0 Å². The van der Waals surface area contributed by atoms with Gasteiger partial charge in [-0.05, 0) is 44.6 Å². The lowest BCUT2D eigenvalue weighted by molar-refractivity contribution is -0.149. The van der Waals surface area contributed by atoms with E-state index >= 15 is 0 Å². The van der Waals surface area contributed by atoms with Gasteiger partial charge in [0.1, 0.15) is 24.2 Å². The highest BCUT2D eigenvalue weighted by atomic mass is 32.2. The number of hydrogen-bond donors (Lipinski definition) is 6. The van der Waals surface area contributed by atoms with E-state index in [1.165, 1.54) is 23.6 Å². The number of thioether (sulfide) groups is 1. The molecule has 1 fully saturated rings. The van der Waals surface area contributed by atoms with Gasteiger partial charge in [0.2, 0.25) is 23.6 Å². The van der Waals surface area contributed by atoms with Gasteiger partial charge in [-0.1, -0.05) is 0 Å². The molecule has 1 aliphatic heterocycles. The van der Waals surface area contributed by atoms with Gasteiger partial charge in [0.05, 0.1) is 6.10 Å². The minimum Gasteiger partial charge on any atom is -0.480 e. The lowest BCUT2D eigenvalue weighted by atomic mass is 10.1. The summed E-state index contributed by atoms with van der Waals surface area (Å²) in [7, 11) is 0. The molecule has 0 aromatic heterocycles. The quantitative estimate of drug-likeness (QED) is 0.170. The topological polar surface area (TPSA) is 205 Å². The highest BCUT2D eigenvalue weighted by Crippen LogP contribution is 2.20. The normalized spacial score (nSPS) is 19.5. The van der Waals surface area contributed by atoms with Crippen LogP contribution >= 0.6 is 11.8 Å². The van der Waals surface area contributed by atoms with E-state index in [2.05, 4.69) is 10.6 Å². The van der Waals surface area contributed by atoms with E-state index in [1.807, 2.05) is 6.26 Å². The molecule has 32 heavy (non-hydrogen) atoms. The van der Waals surface area contributed by atoms with Gasteiger partial charge in [-0.2, -0.15) is 11.8 Å². The maximum atomic E-state index is 13.0. The first-order chi connectivity index (χ1) is 15.0. The maximum Gasteiger partial charge on any atom is 0.326 e. The van der Waals surface area contributed by atoms with Crippen molar-refractivity contribution in [2.24, 2.45) is 11.5 Å². The molecule has 4 amide bonds. The van der Waals surface area contributed by atoms with Crippen LogP contribution in [-0.4, -0.2) is 93.5 Å². The van der Waals surface area contributed by atoms with Crippen molar-refractivity contribution in [2.75, 3.05) is 18.6 Å². The highest BCUT2D eigenvalue weighted by molar-refractivity contribution is 7.98. The third kappa shape index (κ3) is 8.28. The van der Waals surface area contributed by atoms with Crippen molar-refractivity contribution in [1.29, 1.82) is 0 Å². The zero-order valence-corrected chi connectivity index (χ0v) is 19.1. The number of aliphatic hydroxyl groups is 1. The van der Waals surface area contributed by atoms with Crippen molar-refractivity contribution in [3.05, 3.63) is 0 Å². The van der Waals surface area contributed by atoms with Gasteiger partial charge >= 0.3 is 5.97 Å². The van der Waals surface area contributed by atoms with Gasteiger partial charge < -0.3 is 37.2 Å². The number of carbonyl (C=O) groups is 5. The van der Waals surface area contributed by atoms with Crippen molar-refractivity contribution in [2.45, 2.75) is 69.3 Å². The molecule has 5 unspecified atom stereocenters. The fourth-order valence-electron chi connectivity index (χ4n) is 3.30. The summed E-state index contributed by atoms with van der Waals surface area (Å²) in [6, 6.07) is -4.48. The number of hydrogen-bond acceptors (Lipinski definition) is 8. The predicted molar refractivity (Wildman–Crippen MR) is 117 cm³/mol. The van der Waals surface area contributed by atoms with E-state index in [9.17, 15) is 34.2 Å². The van der Waals surface area contributed by atoms with Gasteiger partial charge in [0, 0.05) is 13.0 Å². The Balaban J connectivity index is 3.00. The number of nitrogens with one attached hydrogen (secondary N) is 2. The van der Waals surface area contributed by atoms with Crippen LogP contribution in [0.25, 0.3) is 0 Å². The lowest BCUT2D eigenvalue weighted by Gasteiger charge is -2.29. The van der Waals surface area contributed by atoms with Gasteiger partial charge in [-0.3, -0.25) is 19.2 Å². The molecule has 0 saturated carbocycles. The fourth-order valence-corrected chi connectivity index (χ4v) is 3.77. The van der Waals surface area contributed by atoms with E-state index in [0.717, 1.165) is 0 Å². The number of carboxylic acids is 1. The van der Waals surface area contributed by atoms with E-state index in [-0.39, 0.29) is 25.8 Å². The van der Waals surface area contributed by atoms with Crippen molar-refractivity contribution in [3.8, 4) is 0 Å². The molecule has 5 atom stereocenters. The van der Waals surface area contributed by atoms with Crippen LogP contribution in [0.4, 0.5) is 0 Å². The Bertz CT molecular complexity index is 706. The van der Waals surface area contributed by atoms with Gasteiger partial charge in [-0.25, -0.2) is 4.79 Å². The number of rotatable bonds is 13. The molecule has 182 valence electrons. The molecule has 13 heteroatoms. The molecular weight excluding hydrogens is 442 g/mol. The van der Waals surface area contributed by atoms with Crippen molar-refractivity contribution < 1.29 is 34.2 Å². The summed E-state index contributed by atoms with van der Waals surface area (Å²) in [4.78, 5) is 62.1. The molecule has 1 saturated heterocycles. The SMILES string of the molecule is CSCCC(NC(=O)C(CCC(N)=O)NC(=O)C(N)C(C)O)C(=O)N1CCCC1C(=O)O. The number of primary amides is 1. The second kappa shape index (κ2) is 13.2. The summed E-state index contributed by atoms with van der Waals surface area (Å²) < 4.78 is 0. The fraction of sp³-hybridized carbons (Fsp3) is 0.737. The van der Waals surface area contributed by atoms with Crippen LogP contribution < -0.4 is 22.1 Å². The standard InChI is InChI=1S/C19H33N5O7S/c1-10(25)15(21)17(28)22-11(5-6-14(20)26)16(27)23-12(7-9-32-2)18(29)24-8-3-4-13(24)19(30)31/h10-13,15,25H,3-9,21H2,1-2H3,(H2,20,26)(H,22,28)(H,23,27)(H,30,31). The minimum absolute atomic E-state index is 0.135. The molecule has 12 nitrogen and oxygen atoms in total. The number of nitrogens with zero attached hydrogens (tertiary/aromatic N) is 1. The minimum atomic E-state index is -1.30. The van der Waals surface area contributed by atoms with Crippen LogP contribution in [0.3, 0.4) is 0 Å². The molecule has 0 spiro atoms. The zero-order valence-electron chi connectivity index (χ0n) is 18.3.